The summed E-state index contributed by atoms with van der Waals surface area (Å²) in [6, 6.07) is 17.4. The third kappa shape index (κ3) is 5.91. The van der Waals surface area contributed by atoms with Crippen LogP contribution >= 0.6 is 0 Å². The van der Waals surface area contributed by atoms with Gasteiger partial charge in [0.1, 0.15) is 0 Å². The number of carbonyl (C=O) groups is 2. The summed E-state index contributed by atoms with van der Waals surface area (Å²) in [7, 11) is 0. The molecule has 0 spiro atoms. The van der Waals surface area contributed by atoms with Crippen LogP contribution in [0.2, 0.25) is 0 Å². The van der Waals surface area contributed by atoms with Gasteiger partial charge in [-0.2, -0.15) is 0 Å². The van der Waals surface area contributed by atoms with Crippen molar-refractivity contribution in [2.45, 2.75) is 123 Å². The first-order valence-electron chi connectivity index (χ1n) is 18.4. The van der Waals surface area contributed by atoms with Crippen LogP contribution in [0.25, 0.3) is 21.8 Å². The predicted octanol–water partition coefficient (Wildman–Crippen LogP) is 9.99. The van der Waals surface area contributed by atoms with Crippen molar-refractivity contribution in [2.24, 2.45) is 5.92 Å². The number of benzene rings is 2. The van der Waals surface area contributed by atoms with E-state index in [0.717, 1.165) is 37.1 Å². The third-order valence-corrected chi connectivity index (χ3v) is 10.9. The molecular formula is C42H53N3O2. The van der Waals surface area contributed by atoms with Crippen LogP contribution in [-0.4, -0.2) is 20.9 Å². The van der Waals surface area contributed by atoms with Crippen molar-refractivity contribution in [1.82, 2.24) is 14.5 Å². The molecule has 1 aliphatic carbocycles. The quantitative estimate of drug-likeness (QED) is 0.0988. The number of fused-ring (bicyclic) bond motifs is 3. The molecule has 0 saturated carbocycles. The van der Waals surface area contributed by atoms with E-state index in [-0.39, 0.29) is 11.8 Å². The number of aromatic nitrogens is 2. The van der Waals surface area contributed by atoms with E-state index in [1.807, 2.05) is 12.2 Å². The maximum Gasteiger partial charge on any atom is 0.254 e. The summed E-state index contributed by atoms with van der Waals surface area (Å²) in [5.41, 5.74) is 6.81. The number of aryl methyl sites for hydroxylation is 2. The van der Waals surface area contributed by atoms with E-state index in [9.17, 15) is 9.59 Å². The van der Waals surface area contributed by atoms with Gasteiger partial charge in [0.2, 0.25) is 5.91 Å². The van der Waals surface area contributed by atoms with Crippen molar-refractivity contribution in [3.05, 3.63) is 94.8 Å². The summed E-state index contributed by atoms with van der Waals surface area (Å²) in [6.07, 6.45) is 21.0. The van der Waals surface area contributed by atoms with Crippen molar-refractivity contribution in [2.75, 3.05) is 0 Å². The maximum atomic E-state index is 14.1. The van der Waals surface area contributed by atoms with Crippen LogP contribution in [0.15, 0.2) is 72.3 Å². The number of nitrogens with zero attached hydrogens (tertiary/aromatic N) is 2. The zero-order chi connectivity index (χ0) is 33.0. The molecular weight excluding hydrogens is 578 g/mol. The number of carbonyl (C=O) groups excluding carboxylic acids is 2. The molecule has 1 saturated heterocycles. The van der Waals surface area contributed by atoms with Crippen LogP contribution < -0.4 is 5.32 Å². The molecule has 2 aliphatic rings. The zero-order valence-electron chi connectivity index (χ0n) is 29.0. The molecule has 1 aliphatic heterocycles. The fraction of sp³-hybridized carbons (Fsp3) is 0.476. The normalized spacial score (nSPS) is 17.1. The molecule has 0 radical (unpaired) electrons. The largest absolute Gasteiger partial charge is 0.345 e. The average Bonchev–Trinajstić information content (AvgIpc) is 3.65. The molecule has 248 valence electrons. The summed E-state index contributed by atoms with van der Waals surface area (Å²) < 4.78 is 4.97. The van der Waals surface area contributed by atoms with Crippen LogP contribution in [0.3, 0.4) is 0 Å². The van der Waals surface area contributed by atoms with Crippen LogP contribution in [0.5, 0.6) is 0 Å². The highest BCUT2D eigenvalue weighted by Gasteiger charge is 2.56. The molecule has 6 rings (SSSR count). The molecule has 1 atom stereocenters. The lowest BCUT2D eigenvalue weighted by Gasteiger charge is -2.39. The van der Waals surface area contributed by atoms with Crippen molar-refractivity contribution in [3.63, 3.8) is 0 Å². The SMILES string of the molecule is CCCCCCCCn1c(C)c(C2(c3c(C)n(CCCCCCCC)c4ccccc34)C=CC=C3C(=O)NC(=O)C32)c2ccccc21. The Bertz CT molecular complexity index is 1720. The number of para-hydroxylation sites is 2. The van der Waals surface area contributed by atoms with Crippen molar-refractivity contribution >= 4 is 33.6 Å². The van der Waals surface area contributed by atoms with Gasteiger partial charge in [-0.3, -0.25) is 14.9 Å². The zero-order valence-corrected chi connectivity index (χ0v) is 29.0. The Hall–Kier alpha value is -3.86. The number of rotatable bonds is 16. The molecule has 0 bridgehead atoms. The first-order valence-corrected chi connectivity index (χ1v) is 18.4. The van der Waals surface area contributed by atoms with E-state index in [1.54, 1.807) is 0 Å². The van der Waals surface area contributed by atoms with E-state index >= 15 is 0 Å². The lowest BCUT2D eigenvalue weighted by atomic mass is 9.60. The Morgan fingerprint density at radius 2 is 1.13 bits per heavy atom. The second-order valence-electron chi connectivity index (χ2n) is 13.9. The van der Waals surface area contributed by atoms with Crippen molar-refractivity contribution in [3.8, 4) is 0 Å². The van der Waals surface area contributed by atoms with Gasteiger partial charge in [0.05, 0.1) is 11.3 Å². The molecule has 47 heavy (non-hydrogen) atoms. The molecule has 3 heterocycles. The molecule has 2 aromatic heterocycles. The predicted molar refractivity (Wildman–Crippen MR) is 195 cm³/mol. The Balaban J connectivity index is 1.53. The summed E-state index contributed by atoms with van der Waals surface area (Å²) in [5, 5.41) is 5.05. The highest BCUT2D eigenvalue weighted by Crippen LogP contribution is 2.54. The topological polar surface area (TPSA) is 56.0 Å². The molecule has 2 amide bonds. The van der Waals surface area contributed by atoms with Gasteiger partial charge < -0.3 is 9.13 Å². The van der Waals surface area contributed by atoms with Gasteiger partial charge >= 0.3 is 0 Å². The van der Waals surface area contributed by atoms with Gasteiger partial charge in [-0.1, -0.05) is 133 Å². The fourth-order valence-corrected chi connectivity index (χ4v) is 8.72. The first-order chi connectivity index (χ1) is 23.0. The lowest BCUT2D eigenvalue weighted by Crippen LogP contribution is -2.42. The number of hydrogen-bond acceptors (Lipinski definition) is 2. The van der Waals surface area contributed by atoms with E-state index in [2.05, 4.69) is 96.8 Å². The highest BCUT2D eigenvalue weighted by atomic mass is 16.2. The second kappa shape index (κ2) is 14.5. The van der Waals surface area contributed by atoms with Gasteiger partial charge in [-0.15, -0.1) is 0 Å². The smallest absolute Gasteiger partial charge is 0.254 e. The van der Waals surface area contributed by atoms with Crippen molar-refractivity contribution < 1.29 is 9.59 Å². The number of imide groups is 1. The molecule has 2 aromatic carbocycles. The number of allylic oxidation sites excluding steroid dienone is 3. The minimum atomic E-state index is -0.841. The Labute approximate surface area is 281 Å². The standard InChI is InChI=1S/C42H53N3O2/c1-5-7-9-11-13-19-28-44-30(3)37(32-22-15-17-25-35(32)44)42(27-21-24-34-39(42)41(47)43-40(34)46)38-31(4)45(29-20-14-12-10-8-6-2)36-26-18-16-23-33(36)38/h15-18,21-27,39H,5-14,19-20,28-29H2,1-4H3,(H,43,46,47). The minimum absolute atomic E-state index is 0.204. The van der Waals surface area contributed by atoms with Crippen LogP contribution in [0.1, 0.15) is 113 Å². The number of nitrogens with one attached hydrogen (secondary N) is 1. The Morgan fingerprint density at radius 3 is 1.64 bits per heavy atom. The molecule has 1 unspecified atom stereocenters. The maximum absolute atomic E-state index is 14.1. The fourth-order valence-electron chi connectivity index (χ4n) is 8.72. The van der Waals surface area contributed by atoms with Gasteiger partial charge in [0, 0.05) is 51.9 Å². The summed E-state index contributed by atoms with van der Waals surface area (Å²) in [6.45, 7) is 10.9. The minimum Gasteiger partial charge on any atom is -0.345 e. The Kier molecular flexibility index (Phi) is 10.2. The van der Waals surface area contributed by atoms with Crippen LogP contribution in [0.4, 0.5) is 0 Å². The van der Waals surface area contributed by atoms with Crippen LogP contribution in [0, 0.1) is 19.8 Å². The highest BCUT2D eigenvalue weighted by molar-refractivity contribution is 6.17. The first kappa shape index (κ1) is 33.1. The van der Waals surface area contributed by atoms with Gasteiger partial charge in [0.25, 0.3) is 5.91 Å². The van der Waals surface area contributed by atoms with E-state index in [0.29, 0.717) is 5.57 Å². The average molecular weight is 632 g/mol. The summed E-state index contributed by atoms with van der Waals surface area (Å²) in [5.74, 6) is -1.11. The monoisotopic (exact) mass is 631 g/mol. The Morgan fingerprint density at radius 1 is 0.660 bits per heavy atom. The number of hydrogen-bond donors (Lipinski definition) is 1. The van der Waals surface area contributed by atoms with E-state index < -0.39 is 11.3 Å². The molecule has 1 N–H and O–H groups in total. The van der Waals surface area contributed by atoms with Gasteiger partial charge in [0.15, 0.2) is 0 Å². The van der Waals surface area contributed by atoms with E-state index in [1.165, 1.54) is 97.4 Å². The third-order valence-electron chi connectivity index (χ3n) is 10.9. The summed E-state index contributed by atoms with van der Waals surface area (Å²) in [4.78, 5) is 27.4. The number of amides is 2. The van der Waals surface area contributed by atoms with Gasteiger partial charge in [-0.25, -0.2) is 0 Å². The van der Waals surface area contributed by atoms with Crippen molar-refractivity contribution in [1.29, 1.82) is 0 Å². The van der Waals surface area contributed by atoms with Gasteiger partial charge in [-0.05, 0) is 49.9 Å². The molecule has 4 aromatic rings. The number of unbranched alkanes of at least 4 members (excludes halogenated alkanes) is 10. The van der Waals surface area contributed by atoms with Crippen LogP contribution in [-0.2, 0) is 28.1 Å². The lowest BCUT2D eigenvalue weighted by molar-refractivity contribution is -0.126. The summed E-state index contributed by atoms with van der Waals surface area (Å²) >= 11 is 0. The van der Waals surface area contributed by atoms with E-state index in [4.69, 9.17) is 0 Å². The second-order valence-corrected chi connectivity index (χ2v) is 13.9. The molecule has 5 heteroatoms. The molecule has 1 fully saturated rings. The molecule has 5 nitrogen and oxygen atoms in total.